The second-order valence-corrected chi connectivity index (χ2v) is 11.8. The summed E-state index contributed by atoms with van der Waals surface area (Å²) in [6, 6.07) is 19.3. The van der Waals surface area contributed by atoms with Crippen molar-refractivity contribution in [2.45, 2.75) is 76.8 Å². The van der Waals surface area contributed by atoms with Crippen molar-refractivity contribution in [3.8, 4) is 0 Å². The van der Waals surface area contributed by atoms with Crippen molar-refractivity contribution in [2.75, 3.05) is 4.90 Å². The number of aryl methyl sites for hydroxylation is 2. The van der Waals surface area contributed by atoms with Gasteiger partial charge in [0, 0.05) is 6.04 Å². The lowest BCUT2D eigenvalue weighted by atomic mass is 9.72. The molecule has 0 bridgehead atoms. The van der Waals surface area contributed by atoms with E-state index in [0.29, 0.717) is 24.9 Å². The Balaban J connectivity index is 1.54. The molecule has 4 atom stereocenters. The molecule has 6 heteroatoms. The van der Waals surface area contributed by atoms with Gasteiger partial charge >= 0.3 is 5.97 Å². The number of nitrogens with zero attached hydrogens (tertiary/aromatic N) is 1. The minimum Gasteiger partial charge on any atom is -0.480 e. The van der Waals surface area contributed by atoms with Crippen molar-refractivity contribution in [3.05, 3.63) is 77.4 Å². The third-order valence-electron chi connectivity index (χ3n) is 9.72. The third-order valence-corrected chi connectivity index (χ3v) is 9.72. The van der Waals surface area contributed by atoms with Gasteiger partial charge in [0.05, 0.1) is 17.5 Å². The van der Waals surface area contributed by atoms with Crippen LogP contribution in [0.4, 0.5) is 5.69 Å². The summed E-state index contributed by atoms with van der Waals surface area (Å²) in [5, 5.41) is 16.4. The molecule has 208 valence electrons. The zero-order valence-electron chi connectivity index (χ0n) is 23.4. The number of anilines is 1. The van der Waals surface area contributed by atoms with Crippen molar-refractivity contribution in [3.63, 3.8) is 0 Å². The summed E-state index contributed by atoms with van der Waals surface area (Å²) in [7, 11) is 0. The minimum atomic E-state index is -1.51. The maximum atomic E-state index is 14.5. The molecule has 40 heavy (non-hydrogen) atoms. The lowest BCUT2D eigenvalue weighted by Crippen LogP contribution is -2.57. The van der Waals surface area contributed by atoms with Crippen molar-refractivity contribution in [2.24, 2.45) is 17.8 Å². The fraction of sp³-hybridized carbons (Fsp3) is 0.441. The minimum absolute atomic E-state index is 0.204. The molecule has 4 unspecified atom stereocenters. The fourth-order valence-corrected chi connectivity index (χ4v) is 7.83. The van der Waals surface area contributed by atoms with Gasteiger partial charge in [0.1, 0.15) is 5.54 Å². The quantitative estimate of drug-likeness (QED) is 0.349. The van der Waals surface area contributed by atoms with Crippen LogP contribution in [0.15, 0.2) is 60.7 Å². The Labute approximate surface area is 235 Å². The number of hydrogen-bond donors (Lipinski definition) is 2. The number of fused-ring (bicyclic) bond motifs is 2. The van der Waals surface area contributed by atoms with E-state index in [9.17, 15) is 19.5 Å². The highest BCUT2D eigenvalue weighted by Crippen LogP contribution is 2.54. The first-order chi connectivity index (χ1) is 19.4. The third kappa shape index (κ3) is 4.07. The molecule has 2 aliphatic heterocycles. The number of imide groups is 1. The highest BCUT2D eigenvalue weighted by Gasteiger charge is 2.69. The SMILES string of the molecule is CCc1cccc(CC)c1N1C(=O)C2C(c3cccc4ccccc34)NC(CC3CCCCC3)(C(=O)O)C2C1=O. The Kier molecular flexibility index (Phi) is 6.99. The zero-order chi connectivity index (χ0) is 28.0. The molecule has 6 rings (SSSR count). The Morgan fingerprint density at radius 1 is 0.900 bits per heavy atom. The summed E-state index contributed by atoms with van der Waals surface area (Å²) in [5.41, 5.74) is 1.89. The van der Waals surface area contributed by atoms with Gasteiger partial charge in [-0.3, -0.25) is 19.7 Å². The van der Waals surface area contributed by atoms with E-state index in [1.807, 2.05) is 74.5 Å². The van der Waals surface area contributed by atoms with Crippen LogP contribution in [-0.2, 0) is 27.2 Å². The molecule has 2 saturated heterocycles. The van der Waals surface area contributed by atoms with Gasteiger partial charge in [-0.1, -0.05) is 107 Å². The highest BCUT2D eigenvalue weighted by molar-refractivity contribution is 6.25. The number of carboxylic acids is 1. The first kappa shape index (κ1) is 26.7. The van der Waals surface area contributed by atoms with E-state index in [4.69, 9.17) is 0 Å². The van der Waals surface area contributed by atoms with E-state index in [1.54, 1.807) is 0 Å². The van der Waals surface area contributed by atoms with Crippen LogP contribution in [0.2, 0.25) is 0 Å². The Morgan fingerprint density at radius 3 is 2.23 bits per heavy atom. The van der Waals surface area contributed by atoms with Gasteiger partial charge in [0.25, 0.3) is 0 Å². The molecule has 3 aliphatic rings. The molecule has 2 N–H and O–H groups in total. The second kappa shape index (κ2) is 10.5. The number of nitrogens with one attached hydrogen (secondary N) is 1. The molecule has 3 fully saturated rings. The summed E-state index contributed by atoms with van der Waals surface area (Å²) in [6.45, 7) is 4.05. The van der Waals surface area contributed by atoms with E-state index < -0.39 is 29.4 Å². The van der Waals surface area contributed by atoms with Gasteiger partial charge < -0.3 is 5.11 Å². The average molecular weight is 539 g/mol. The van der Waals surface area contributed by atoms with Gasteiger partial charge in [-0.2, -0.15) is 0 Å². The van der Waals surface area contributed by atoms with Gasteiger partial charge in [-0.05, 0) is 52.6 Å². The standard InChI is InChI=1S/C34H38N2O4/c1-3-22-15-10-16-23(4-2)30(22)36-31(37)27-28(32(36)38)34(33(39)40,20-21-12-6-5-7-13-21)35-29(27)26-19-11-17-24-14-8-9-18-25(24)26/h8-11,14-19,21,27-29,35H,3-7,12-13,20H2,1-2H3,(H,39,40). The van der Waals surface area contributed by atoms with Crippen LogP contribution in [0.3, 0.4) is 0 Å². The van der Waals surface area contributed by atoms with Crippen molar-refractivity contribution >= 4 is 34.2 Å². The first-order valence-electron chi connectivity index (χ1n) is 14.9. The summed E-state index contributed by atoms with van der Waals surface area (Å²) in [4.78, 5) is 43.8. The van der Waals surface area contributed by atoms with Gasteiger partial charge in [-0.25, -0.2) is 4.90 Å². The lowest BCUT2D eigenvalue weighted by Gasteiger charge is -2.36. The smallest absolute Gasteiger partial charge is 0.324 e. The molecule has 2 amide bonds. The predicted molar refractivity (Wildman–Crippen MR) is 156 cm³/mol. The summed E-state index contributed by atoms with van der Waals surface area (Å²) in [6.07, 6.45) is 6.92. The molecule has 3 aromatic carbocycles. The number of hydrogen-bond acceptors (Lipinski definition) is 4. The first-order valence-corrected chi connectivity index (χ1v) is 14.9. The van der Waals surface area contributed by atoms with E-state index in [2.05, 4.69) is 5.32 Å². The van der Waals surface area contributed by atoms with E-state index in [1.165, 1.54) is 4.90 Å². The van der Waals surface area contributed by atoms with Gasteiger partial charge in [-0.15, -0.1) is 0 Å². The second-order valence-electron chi connectivity index (χ2n) is 11.8. The fourth-order valence-electron chi connectivity index (χ4n) is 7.83. The van der Waals surface area contributed by atoms with Gasteiger partial charge in [0.2, 0.25) is 11.8 Å². The maximum Gasteiger partial charge on any atom is 0.324 e. The van der Waals surface area contributed by atoms with Crippen LogP contribution in [0.5, 0.6) is 0 Å². The number of carbonyl (C=O) groups is 3. The molecule has 3 aromatic rings. The number of carbonyl (C=O) groups excluding carboxylic acids is 2. The molecular weight excluding hydrogens is 500 g/mol. The lowest BCUT2D eigenvalue weighted by molar-refractivity contribution is -0.150. The Hall–Kier alpha value is -3.51. The van der Waals surface area contributed by atoms with Crippen LogP contribution in [-0.4, -0.2) is 28.4 Å². The van der Waals surface area contributed by atoms with Crippen molar-refractivity contribution < 1.29 is 19.5 Å². The summed E-state index contributed by atoms with van der Waals surface area (Å²) in [5.74, 6) is -3.26. The van der Waals surface area contributed by atoms with E-state index in [0.717, 1.165) is 59.6 Å². The van der Waals surface area contributed by atoms with Crippen LogP contribution in [0, 0.1) is 17.8 Å². The number of carboxylic acid groups (broad SMARTS) is 1. The average Bonchev–Trinajstić information content (AvgIpc) is 3.46. The Bertz CT molecular complexity index is 1450. The van der Waals surface area contributed by atoms with Gasteiger partial charge in [0.15, 0.2) is 0 Å². The van der Waals surface area contributed by atoms with E-state index >= 15 is 0 Å². The van der Waals surface area contributed by atoms with Crippen LogP contribution >= 0.6 is 0 Å². The molecule has 1 aliphatic carbocycles. The molecular formula is C34H38N2O4. The maximum absolute atomic E-state index is 14.5. The Morgan fingerprint density at radius 2 is 1.55 bits per heavy atom. The molecule has 2 heterocycles. The normalized spacial score (nSPS) is 26.9. The predicted octanol–water partition coefficient (Wildman–Crippen LogP) is 6.21. The summed E-state index contributed by atoms with van der Waals surface area (Å²) >= 11 is 0. The number of rotatable bonds is 7. The van der Waals surface area contributed by atoms with Crippen molar-refractivity contribution in [1.29, 1.82) is 0 Å². The van der Waals surface area contributed by atoms with Crippen molar-refractivity contribution in [1.82, 2.24) is 5.32 Å². The monoisotopic (exact) mass is 538 g/mol. The topological polar surface area (TPSA) is 86.7 Å². The summed E-state index contributed by atoms with van der Waals surface area (Å²) < 4.78 is 0. The van der Waals surface area contributed by atoms with Crippen LogP contribution in [0.1, 0.15) is 75.1 Å². The molecule has 0 spiro atoms. The zero-order valence-corrected chi connectivity index (χ0v) is 23.4. The number of amides is 2. The molecule has 1 saturated carbocycles. The van der Waals surface area contributed by atoms with Crippen LogP contribution < -0.4 is 10.2 Å². The molecule has 6 nitrogen and oxygen atoms in total. The molecule has 0 radical (unpaired) electrons. The van der Waals surface area contributed by atoms with E-state index in [-0.39, 0.29) is 17.7 Å². The largest absolute Gasteiger partial charge is 0.480 e. The molecule has 0 aromatic heterocycles. The highest BCUT2D eigenvalue weighted by atomic mass is 16.4. The number of para-hydroxylation sites is 1. The van der Waals surface area contributed by atoms with Crippen LogP contribution in [0.25, 0.3) is 10.8 Å². The number of benzene rings is 3. The number of aliphatic carboxylic acids is 1.